The van der Waals surface area contributed by atoms with E-state index in [-0.39, 0.29) is 10.7 Å². The van der Waals surface area contributed by atoms with Gasteiger partial charge < -0.3 is 0 Å². The number of carbonyl (C=O) groups excluding carboxylic acids is 1. The van der Waals surface area contributed by atoms with Gasteiger partial charge in [-0.1, -0.05) is 6.07 Å². The Balaban J connectivity index is 1.85. The highest BCUT2D eigenvalue weighted by molar-refractivity contribution is 7.90. The number of fused-ring (bicyclic) bond motifs is 1. The third-order valence-electron chi connectivity index (χ3n) is 3.66. The smallest absolute Gasteiger partial charge is 0.264 e. The molecule has 116 valence electrons. The number of carbonyl (C=O) groups is 1. The summed E-state index contributed by atoms with van der Waals surface area (Å²) < 4.78 is 28.0. The molecule has 7 nitrogen and oxygen atoms in total. The fourth-order valence-corrected chi connectivity index (χ4v) is 3.54. The van der Waals surface area contributed by atoms with E-state index in [1.54, 1.807) is 13.1 Å². The van der Waals surface area contributed by atoms with Crippen LogP contribution in [0.15, 0.2) is 29.4 Å². The van der Waals surface area contributed by atoms with Gasteiger partial charge in [-0.3, -0.25) is 9.48 Å². The molecule has 1 aliphatic carbocycles. The molecule has 0 spiro atoms. The van der Waals surface area contributed by atoms with E-state index in [1.165, 1.54) is 22.6 Å². The maximum Gasteiger partial charge on any atom is 0.304 e. The zero-order valence-corrected chi connectivity index (χ0v) is 12.9. The van der Waals surface area contributed by atoms with E-state index in [2.05, 4.69) is 10.1 Å². The van der Waals surface area contributed by atoms with Crippen molar-refractivity contribution in [3.63, 3.8) is 0 Å². The second kappa shape index (κ2) is 5.53. The van der Waals surface area contributed by atoms with Crippen molar-refractivity contribution in [1.29, 1.82) is 0 Å². The van der Waals surface area contributed by atoms with Crippen molar-refractivity contribution in [2.45, 2.75) is 30.6 Å². The maximum atomic E-state index is 12.3. The number of aromatic nitrogens is 3. The molecule has 0 unspecified atom stereocenters. The summed E-state index contributed by atoms with van der Waals surface area (Å²) >= 11 is 0. The number of benzene rings is 1. The third-order valence-corrected chi connectivity index (χ3v) is 4.99. The SMILES string of the molecule is Cn1cnc(C(=O)NS(=O)(=O)c2ccc3c(c2)CCCC3)n1. The van der Waals surface area contributed by atoms with Gasteiger partial charge in [-0.05, 0) is 48.9 Å². The quantitative estimate of drug-likeness (QED) is 0.903. The maximum absolute atomic E-state index is 12.3. The van der Waals surface area contributed by atoms with Gasteiger partial charge in [-0.25, -0.2) is 18.1 Å². The molecule has 3 rings (SSSR count). The number of aryl methyl sites for hydroxylation is 3. The molecule has 0 fully saturated rings. The van der Waals surface area contributed by atoms with Crippen molar-refractivity contribution in [3.8, 4) is 0 Å². The molecule has 8 heteroatoms. The molecular formula is C14H16N4O3S. The number of sulfonamides is 1. The average molecular weight is 320 g/mol. The van der Waals surface area contributed by atoms with Crippen LogP contribution in [0.5, 0.6) is 0 Å². The Labute approximate surface area is 128 Å². The van der Waals surface area contributed by atoms with E-state index in [1.807, 2.05) is 10.8 Å². The van der Waals surface area contributed by atoms with Crippen LogP contribution in [0, 0.1) is 0 Å². The minimum absolute atomic E-state index is 0.0948. The number of nitrogens with zero attached hydrogens (tertiary/aromatic N) is 3. The topological polar surface area (TPSA) is 94.0 Å². The molecular weight excluding hydrogens is 304 g/mol. The molecule has 0 atom stereocenters. The van der Waals surface area contributed by atoms with Crippen molar-refractivity contribution < 1.29 is 13.2 Å². The van der Waals surface area contributed by atoms with Gasteiger partial charge in [0.25, 0.3) is 10.0 Å². The first-order chi connectivity index (χ1) is 10.5. The molecule has 0 saturated carbocycles. The fourth-order valence-electron chi connectivity index (χ4n) is 2.55. The highest BCUT2D eigenvalue weighted by Gasteiger charge is 2.22. The highest BCUT2D eigenvalue weighted by atomic mass is 32.2. The minimum atomic E-state index is -3.92. The van der Waals surface area contributed by atoms with Crippen molar-refractivity contribution in [2.75, 3.05) is 0 Å². The predicted octanol–water partition coefficient (Wildman–Crippen LogP) is 0.813. The lowest BCUT2D eigenvalue weighted by atomic mass is 9.92. The first-order valence-corrected chi connectivity index (χ1v) is 8.48. The molecule has 0 saturated heterocycles. The average Bonchev–Trinajstić information content (AvgIpc) is 2.93. The number of amides is 1. The summed E-state index contributed by atoms with van der Waals surface area (Å²) in [7, 11) is -2.32. The van der Waals surface area contributed by atoms with Crippen molar-refractivity contribution in [3.05, 3.63) is 41.5 Å². The Kier molecular flexibility index (Phi) is 3.69. The summed E-state index contributed by atoms with van der Waals surface area (Å²) in [6.45, 7) is 0. The van der Waals surface area contributed by atoms with E-state index in [0.29, 0.717) is 0 Å². The Hall–Kier alpha value is -2.22. The molecule has 0 radical (unpaired) electrons. The Morgan fingerprint density at radius 3 is 2.64 bits per heavy atom. The van der Waals surface area contributed by atoms with Gasteiger partial charge in [0.1, 0.15) is 6.33 Å². The first kappa shape index (κ1) is 14.7. The highest BCUT2D eigenvalue weighted by Crippen LogP contribution is 2.24. The second-order valence-corrected chi connectivity index (χ2v) is 7.00. The lowest BCUT2D eigenvalue weighted by Crippen LogP contribution is -2.31. The normalized spacial score (nSPS) is 14.4. The van der Waals surface area contributed by atoms with Crippen LogP contribution in [0.1, 0.15) is 34.6 Å². The third kappa shape index (κ3) is 2.87. The van der Waals surface area contributed by atoms with Crippen LogP contribution in [0.2, 0.25) is 0 Å². The summed E-state index contributed by atoms with van der Waals surface area (Å²) in [4.78, 5) is 15.7. The van der Waals surface area contributed by atoms with E-state index in [0.717, 1.165) is 31.2 Å². The number of rotatable bonds is 3. The Bertz CT molecular complexity index is 826. The lowest BCUT2D eigenvalue weighted by molar-refractivity contribution is 0.0971. The van der Waals surface area contributed by atoms with Gasteiger partial charge in [-0.15, -0.1) is 5.10 Å². The van der Waals surface area contributed by atoms with Gasteiger partial charge in [-0.2, -0.15) is 0 Å². The molecule has 1 N–H and O–H groups in total. The van der Waals surface area contributed by atoms with Gasteiger partial charge in [0.05, 0.1) is 4.90 Å². The van der Waals surface area contributed by atoms with E-state index in [9.17, 15) is 13.2 Å². The number of hydrogen-bond donors (Lipinski definition) is 1. The van der Waals surface area contributed by atoms with Crippen LogP contribution < -0.4 is 4.72 Å². The standard InChI is InChI=1S/C14H16N4O3S/c1-18-9-15-13(16-18)14(19)17-22(20,21)12-7-6-10-4-2-3-5-11(10)8-12/h6-9H,2-5H2,1H3,(H,17,19). The number of hydrogen-bond acceptors (Lipinski definition) is 5. The van der Waals surface area contributed by atoms with Crippen LogP contribution in [0.25, 0.3) is 0 Å². The predicted molar refractivity (Wildman–Crippen MR) is 78.7 cm³/mol. The van der Waals surface area contributed by atoms with E-state index < -0.39 is 15.9 Å². The van der Waals surface area contributed by atoms with E-state index >= 15 is 0 Å². The van der Waals surface area contributed by atoms with Crippen LogP contribution in [-0.4, -0.2) is 29.1 Å². The zero-order valence-electron chi connectivity index (χ0n) is 12.1. The van der Waals surface area contributed by atoms with Gasteiger partial charge in [0.2, 0.25) is 5.82 Å². The molecule has 0 bridgehead atoms. The van der Waals surface area contributed by atoms with Gasteiger partial charge in [0.15, 0.2) is 0 Å². The molecule has 0 aliphatic heterocycles. The second-order valence-electron chi connectivity index (χ2n) is 5.31. The van der Waals surface area contributed by atoms with Crippen LogP contribution in [0.4, 0.5) is 0 Å². The van der Waals surface area contributed by atoms with Crippen LogP contribution in [0.3, 0.4) is 0 Å². The lowest BCUT2D eigenvalue weighted by Gasteiger charge is -2.16. The van der Waals surface area contributed by atoms with E-state index in [4.69, 9.17) is 0 Å². The Morgan fingerprint density at radius 1 is 1.23 bits per heavy atom. The molecule has 22 heavy (non-hydrogen) atoms. The van der Waals surface area contributed by atoms with Gasteiger partial charge >= 0.3 is 5.91 Å². The Morgan fingerprint density at radius 2 is 1.95 bits per heavy atom. The summed E-state index contributed by atoms with van der Waals surface area (Å²) in [5.41, 5.74) is 2.22. The largest absolute Gasteiger partial charge is 0.304 e. The molecule has 1 aliphatic rings. The van der Waals surface area contributed by atoms with Crippen LogP contribution in [-0.2, 0) is 29.9 Å². The van der Waals surface area contributed by atoms with Crippen molar-refractivity contribution >= 4 is 15.9 Å². The molecule has 2 aromatic rings. The zero-order chi connectivity index (χ0) is 15.7. The van der Waals surface area contributed by atoms with Crippen molar-refractivity contribution in [1.82, 2.24) is 19.5 Å². The summed E-state index contributed by atoms with van der Waals surface area (Å²) in [5.74, 6) is -1.01. The first-order valence-electron chi connectivity index (χ1n) is 7.00. The summed E-state index contributed by atoms with van der Waals surface area (Å²) in [5, 5.41) is 3.79. The molecule has 1 aromatic heterocycles. The minimum Gasteiger partial charge on any atom is -0.264 e. The summed E-state index contributed by atoms with van der Waals surface area (Å²) in [6, 6.07) is 5.01. The number of nitrogens with one attached hydrogen (secondary N) is 1. The molecule has 1 aromatic carbocycles. The molecule has 1 amide bonds. The monoisotopic (exact) mass is 320 g/mol. The van der Waals surface area contributed by atoms with Crippen molar-refractivity contribution in [2.24, 2.45) is 7.05 Å². The summed E-state index contributed by atoms with van der Waals surface area (Å²) in [6.07, 6.45) is 5.36. The van der Waals surface area contributed by atoms with Gasteiger partial charge in [0, 0.05) is 7.05 Å². The van der Waals surface area contributed by atoms with Crippen LogP contribution >= 0.6 is 0 Å². The molecule has 1 heterocycles. The fraction of sp³-hybridized carbons (Fsp3) is 0.357.